The van der Waals surface area contributed by atoms with E-state index < -0.39 is 0 Å². The fourth-order valence-electron chi connectivity index (χ4n) is 1.77. The predicted octanol–water partition coefficient (Wildman–Crippen LogP) is 4.04. The van der Waals surface area contributed by atoms with Crippen molar-refractivity contribution in [3.05, 3.63) is 64.2 Å². The van der Waals surface area contributed by atoms with Gasteiger partial charge in [0, 0.05) is 5.02 Å². The summed E-state index contributed by atoms with van der Waals surface area (Å²) in [4.78, 5) is 11.0. The smallest absolute Gasteiger partial charge is 0.153 e. The fourth-order valence-corrected chi connectivity index (χ4v) is 2.05. The molecular formula is C15H13ClO2. The molecule has 92 valence electrons. The van der Waals surface area contributed by atoms with E-state index in [2.05, 4.69) is 0 Å². The van der Waals surface area contributed by atoms with Crippen LogP contribution in [-0.2, 0) is 6.61 Å². The van der Waals surface area contributed by atoms with Gasteiger partial charge in [-0.25, -0.2) is 0 Å². The number of benzene rings is 2. The van der Waals surface area contributed by atoms with Gasteiger partial charge in [-0.15, -0.1) is 0 Å². The van der Waals surface area contributed by atoms with Crippen molar-refractivity contribution in [3.63, 3.8) is 0 Å². The summed E-state index contributed by atoms with van der Waals surface area (Å²) in [6.07, 6.45) is 0.763. The molecule has 0 spiro atoms. The molecule has 0 aromatic heterocycles. The van der Waals surface area contributed by atoms with Crippen LogP contribution in [0.1, 0.15) is 21.5 Å². The SMILES string of the molecule is Cc1cc(Cl)cc(C=O)c1OCc1ccccc1. The Morgan fingerprint density at radius 3 is 2.61 bits per heavy atom. The van der Waals surface area contributed by atoms with Gasteiger partial charge in [-0.2, -0.15) is 0 Å². The van der Waals surface area contributed by atoms with Crippen LogP contribution in [0.15, 0.2) is 42.5 Å². The van der Waals surface area contributed by atoms with E-state index in [4.69, 9.17) is 16.3 Å². The summed E-state index contributed by atoms with van der Waals surface area (Å²) >= 11 is 5.90. The van der Waals surface area contributed by atoms with Gasteiger partial charge in [0.05, 0.1) is 5.56 Å². The van der Waals surface area contributed by atoms with Gasteiger partial charge in [0.15, 0.2) is 6.29 Å². The van der Waals surface area contributed by atoms with E-state index in [1.54, 1.807) is 12.1 Å². The van der Waals surface area contributed by atoms with Crippen molar-refractivity contribution in [3.8, 4) is 5.75 Å². The highest BCUT2D eigenvalue weighted by Gasteiger charge is 2.08. The Hall–Kier alpha value is -1.80. The first-order valence-electron chi connectivity index (χ1n) is 5.63. The molecule has 0 aliphatic rings. The van der Waals surface area contributed by atoms with Gasteiger partial charge in [-0.3, -0.25) is 4.79 Å². The van der Waals surface area contributed by atoms with Gasteiger partial charge in [0.2, 0.25) is 0 Å². The number of halogens is 1. The molecule has 2 nitrogen and oxygen atoms in total. The Kier molecular flexibility index (Phi) is 4.00. The van der Waals surface area contributed by atoms with Gasteiger partial charge in [-0.05, 0) is 30.2 Å². The Labute approximate surface area is 111 Å². The largest absolute Gasteiger partial charge is 0.488 e. The van der Waals surface area contributed by atoms with E-state index in [1.807, 2.05) is 37.3 Å². The molecule has 3 heteroatoms. The van der Waals surface area contributed by atoms with Crippen molar-refractivity contribution in [1.82, 2.24) is 0 Å². The predicted molar refractivity (Wildman–Crippen MR) is 72.4 cm³/mol. The summed E-state index contributed by atoms with van der Waals surface area (Å²) in [5.41, 5.74) is 2.40. The molecule has 2 aromatic rings. The minimum atomic E-state index is 0.435. The second kappa shape index (κ2) is 5.69. The summed E-state index contributed by atoms with van der Waals surface area (Å²) in [5, 5.41) is 0.543. The molecule has 0 radical (unpaired) electrons. The average molecular weight is 261 g/mol. The topological polar surface area (TPSA) is 26.3 Å². The number of rotatable bonds is 4. The van der Waals surface area contributed by atoms with E-state index in [-0.39, 0.29) is 0 Å². The minimum absolute atomic E-state index is 0.435. The van der Waals surface area contributed by atoms with Crippen LogP contribution >= 0.6 is 11.6 Å². The molecule has 0 heterocycles. The summed E-state index contributed by atoms with van der Waals surface area (Å²) < 4.78 is 5.71. The number of carbonyl (C=O) groups excluding carboxylic acids is 1. The first-order valence-corrected chi connectivity index (χ1v) is 6.00. The first kappa shape index (κ1) is 12.7. The third-order valence-electron chi connectivity index (χ3n) is 2.62. The van der Waals surface area contributed by atoms with E-state index in [0.717, 1.165) is 17.4 Å². The summed E-state index contributed by atoms with van der Waals surface area (Å²) in [7, 11) is 0. The Balaban J connectivity index is 2.21. The van der Waals surface area contributed by atoms with Crippen LogP contribution in [-0.4, -0.2) is 6.29 Å². The van der Waals surface area contributed by atoms with Crippen molar-refractivity contribution < 1.29 is 9.53 Å². The van der Waals surface area contributed by atoms with Crippen LogP contribution in [0.3, 0.4) is 0 Å². The van der Waals surface area contributed by atoms with E-state index in [1.165, 1.54) is 0 Å². The average Bonchev–Trinajstić information content (AvgIpc) is 2.38. The Morgan fingerprint density at radius 2 is 1.94 bits per heavy atom. The maximum Gasteiger partial charge on any atom is 0.153 e. The highest BCUT2D eigenvalue weighted by atomic mass is 35.5. The number of hydrogen-bond donors (Lipinski definition) is 0. The number of aryl methyl sites for hydroxylation is 1. The molecule has 0 unspecified atom stereocenters. The Bertz CT molecular complexity index is 550. The first-order chi connectivity index (χ1) is 8.70. The molecule has 0 fully saturated rings. The van der Waals surface area contributed by atoms with Crippen LogP contribution in [0.5, 0.6) is 5.75 Å². The molecule has 18 heavy (non-hydrogen) atoms. The Morgan fingerprint density at radius 1 is 1.22 bits per heavy atom. The molecule has 0 N–H and O–H groups in total. The highest BCUT2D eigenvalue weighted by Crippen LogP contribution is 2.27. The number of ether oxygens (including phenoxy) is 1. The van der Waals surface area contributed by atoms with Crippen molar-refractivity contribution in [2.75, 3.05) is 0 Å². The normalized spacial score (nSPS) is 10.1. The lowest BCUT2D eigenvalue weighted by Gasteiger charge is -2.12. The van der Waals surface area contributed by atoms with Gasteiger partial charge < -0.3 is 4.74 Å². The second-order valence-corrected chi connectivity index (χ2v) is 4.47. The summed E-state index contributed by atoms with van der Waals surface area (Å²) in [6.45, 7) is 2.31. The number of carbonyl (C=O) groups is 1. The van der Waals surface area contributed by atoms with Crippen LogP contribution in [0, 0.1) is 6.92 Å². The zero-order valence-electron chi connectivity index (χ0n) is 10.0. The number of hydrogen-bond acceptors (Lipinski definition) is 2. The van der Waals surface area contributed by atoms with Crippen LogP contribution in [0.4, 0.5) is 0 Å². The molecular weight excluding hydrogens is 248 g/mol. The second-order valence-electron chi connectivity index (χ2n) is 4.03. The van der Waals surface area contributed by atoms with Crippen LogP contribution < -0.4 is 4.74 Å². The van der Waals surface area contributed by atoms with Crippen LogP contribution in [0.2, 0.25) is 5.02 Å². The molecule has 0 bridgehead atoms. The van der Waals surface area contributed by atoms with E-state index >= 15 is 0 Å². The van der Waals surface area contributed by atoms with Crippen molar-refractivity contribution in [1.29, 1.82) is 0 Å². The number of aldehydes is 1. The van der Waals surface area contributed by atoms with Crippen LogP contribution in [0.25, 0.3) is 0 Å². The quantitative estimate of drug-likeness (QED) is 0.776. The van der Waals surface area contributed by atoms with Gasteiger partial charge in [0.25, 0.3) is 0 Å². The molecule has 0 aliphatic carbocycles. The molecule has 0 saturated heterocycles. The molecule has 0 saturated carbocycles. The van der Waals surface area contributed by atoms with Crippen molar-refractivity contribution in [2.24, 2.45) is 0 Å². The third kappa shape index (κ3) is 2.90. The third-order valence-corrected chi connectivity index (χ3v) is 2.84. The maximum absolute atomic E-state index is 11.0. The lowest BCUT2D eigenvalue weighted by molar-refractivity contribution is 0.111. The van der Waals surface area contributed by atoms with Gasteiger partial charge in [-0.1, -0.05) is 41.9 Å². The molecule has 0 amide bonds. The van der Waals surface area contributed by atoms with Crippen molar-refractivity contribution >= 4 is 17.9 Å². The zero-order chi connectivity index (χ0) is 13.0. The highest BCUT2D eigenvalue weighted by molar-refractivity contribution is 6.31. The molecule has 0 atom stereocenters. The van der Waals surface area contributed by atoms with Gasteiger partial charge in [0.1, 0.15) is 12.4 Å². The summed E-state index contributed by atoms with van der Waals surface area (Å²) in [5.74, 6) is 0.596. The standard InChI is InChI=1S/C15H13ClO2/c1-11-7-14(16)8-13(9-17)15(11)18-10-12-5-3-2-4-6-12/h2-9H,10H2,1H3. The monoisotopic (exact) mass is 260 g/mol. The minimum Gasteiger partial charge on any atom is -0.488 e. The van der Waals surface area contributed by atoms with E-state index in [0.29, 0.717) is 22.9 Å². The lowest BCUT2D eigenvalue weighted by atomic mass is 10.1. The molecule has 0 aliphatic heterocycles. The molecule has 2 aromatic carbocycles. The molecule has 2 rings (SSSR count). The fraction of sp³-hybridized carbons (Fsp3) is 0.133. The lowest BCUT2D eigenvalue weighted by Crippen LogP contribution is -2.00. The van der Waals surface area contributed by atoms with Crippen molar-refractivity contribution in [2.45, 2.75) is 13.5 Å². The summed E-state index contributed by atoms with van der Waals surface area (Å²) in [6, 6.07) is 13.2. The maximum atomic E-state index is 11.0. The van der Waals surface area contributed by atoms with Gasteiger partial charge >= 0.3 is 0 Å². The zero-order valence-corrected chi connectivity index (χ0v) is 10.8. The van der Waals surface area contributed by atoms with E-state index in [9.17, 15) is 4.79 Å².